The Morgan fingerprint density at radius 2 is 2.00 bits per heavy atom. The van der Waals surface area contributed by atoms with E-state index in [1.54, 1.807) is 0 Å². The van der Waals surface area contributed by atoms with Crippen molar-refractivity contribution in [3.8, 4) is 0 Å². The van der Waals surface area contributed by atoms with Crippen LogP contribution in [0.4, 0.5) is 5.82 Å². The Morgan fingerprint density at radius 3 is 2.50 bits per heavy atom. The largest absolute Gasteiger partial charge is 0.383 e. The molecule has 1 rings (SSSR count). The molecule has 0 fully saturated rings. The molecule has 0 atom stereocenters. The lowest BCUT2D eigenvalue weighted by molar-refractivity contribution is 0.149. The number of hydrogen-bond donors (Lipinski definition) is 1. The first-order chi connectivity index (χ1) is 7.56. The van der Waals surface area contributed by atoms with Crippen LogP contribution >= 0.6 is 0 Å². The van der Waals surface area contributed by atoms with Gasteiger partial charge in [0.05, 0.1) is 6.61 Å². The first-order valence-corrected chi connectivity index (χ1v) is 5.76. The number of nitrogens with two attached hydrogens (primary N) is 1. The van der Waals surface area contributed by atoms with E-state index in [2.05, 4.69) is 23.8 Å². The summed E-state index contributed by atoms with van der Waals surface area (Å²) in [6.07, 6.45) is 0.719. The van der Waals surface area contributed by atoms with Crippen molar-refractivity contribution in [3.05, 3.63) is 17.1 Å². The summed E-state index contributed by atoms with van der Waals surface area (Å²) in [5.74, 6) is 1.74. The standard InChI is InChI=1S/C12H21N3O/c1-5-16-7-6-10-14-9(4)11(8(2)3)12(13)15-10/h8H,5-7H2,1-4H3,(H2,13,14,15). The van der Waals surface area contributed by atoms with Gasteiger partial charge in [-0.3, -0.25) is 0 Å². The molecule has 0 saturated carbocycles. The van der Waals surface area contributed by atoms with Crippen molar-refractivity contribution < 1.29 is 4.74 Å². The summed E-state index contributed by atoms with van der Waals surface area (Å²) in [4.78, 5) is 8.77. The Bertz CT molecular complexity index is 327. The van der Waals surface area contributed by atoms with Crippen molar-refractivity contribution in [2.75, 3.05) is 18.9 Å². The third-order valence-corrected chi connectivity index (χ3v) is 2.46. The second-order valence-electron chi connectivity index (χ2n) is 4.13. The van der Waals surface area contributed by atoms with E-state index in [9.17, 15) is 0 Å². The SMILES string of the molecule is CCOCCc1nc(C)c(C(C)C)c(N)n1. The number of aryl methyl sites for hydroxylation is 1. The van der Waals surface area contributed by atoms with Gasteiger partial charge in [-0.05, 0) is 19.8 Å². The van der Waals surface area contributed by atoms with E-state index in [4.69, 9.17) is 10.5 Å². The Kier molecular flexibility index (Phi) is 4.68. The first kappa shape index (κ1) is 12.9. The second kappa shape index (κ2) is 5.80. The Morgan fingerprint density at radius 1 is 1.31 bits per heavy atom. The number of nitrogens with zero attached hydrogens (tertiary/aromatic N) is 2. The highest BCUT2D eigenvalue weighted by atomic mass is 16.5. The lowest BCUT2D eigenvalue weighted by atomic mass is 10.0. The van der Waals surface area contributed by atoms with Gasteiger partial charge in [-0.1, -0.05) is 13.8 Å². The van der Waals surface area contributed by atoms with Crippen LogP contribution in [0, 0.1) is 6.92 Å². The van der Waals surface area contributed by atoms with Crippen LogP contribution in [0.15, 0.2) is 0 Å². The highest BCUT2D eigenvalue weighted by Gasteiger charge is 2.12. The molecule has 1 aromatic rings. The molecule has 4 heteroatoms. The third kappa shape index (κ3) is 3.17. The zero-order valence-corrected chi connectivity index (χ0v) is 10.6. The van der Waals surface area contributed by atoms with E-state index in [0.717, 1.165) is 30.1 Å². The van der Waals surface area contributed by atoms with Gasteiger partial charge in [-0.25, -0.2) is 9.97 Å². The van der Waals surface area contributed by atoms with Gasteiger partial charge in [0.15, 0.2) is 0 Å². The third-order valence-electron chi connectivity index (χ3n) is 2.46. The van der Waals surface area contributed by atoms with Gasteiger partial charge < -0.3 is 10.5 Å². The molecule has 90 valence electrons. The van der Waals surface area contributed by atoms with Crippen molar-refractivity contribution in [2.24, 2.45) is 0 Å². The number of rotatable bonds is 5. The quantitative estimate of drug-likeness (QED) is 0.776. The normalized spacial score (nSPS) is 11.1. The van der Waals surface area contributed by atoms with Crippen molar-refractivity contribution in [1.29, 1.82) is 0 Å². The van der Waals surface area contributed by atoms with Crippen LogP contribution in [0.1, 0.15) is 43.8 Å². The molecule has 0 amide bonds. The van der Waals surface area contributed by atoms with Crippen LogP contribution in [-0.4, -0.2) is 23.2 Å². The summed E-state index contributed by atoms with van der Waals surface area (Å²) in [6.45, 7) is 9.53. The minimum atomic E-state index is 0.362. The maximum Gasteiger partial charge on any atom is 0.133 e. The van der Waals surface area contributed by atoms with Crippen LogP contribution in [-0.2, 0) is 11.2 Å². The summed E-state index contributed by atoms with van der Waals surface area (Å²) >= 11 is 0. The summed E-state index contributed by atoms with van der Waals surface area (Å²) in [7, 11) is 0. The Labute approximate surface area is 97.2 Å². The van der Waals surface area contributed by atoms with E-state index in [1.165, 1.54) is 0 Å². The van der Waals surface area contributed by atoms with E-state index < -0.39 is 0 Å². The summed E-state index contributed by atoms with van der Waals surface area (Å²) in [5, 5.41) is 0. The van der Waals surface area contributed by atoms with Gasteiger partial charge in [0.1, 0.15) is 11.6 Å². The molecule has 0 aliphatic carbocycles. The molecule has 1 heterocycles. The molecule has 0 unspecified atom stereocenters. The maximum absolute atomic E-state index is 5.94. The molecule has 0 spiro atoms. The Balaban J connectivity index is 2.83. The number of ether oxygens (including phenoxy) is 1. The fraction of sp³-hybridized carbons (Fsp3) is 0.667. The molecule has 4 nitrogen and oxygen atoms in total. The van der Waals surface area contributed by atoms with Crippen molar-refractivity contribution in [2.45, 2.75) is 40.0 Å². The first-order valence-electron chi connectivity index (χ1n) is 5.76. The molecule has 0 radical (unpaired) electrons. The predicted octanol–water partition coefficient (Wildman–Crippen LogP) is 2.07. The minimum absolute atomic E-state index is 0.362. The number of nitrogen functional groups attached to an aromatic ring is 1. The molecule has 0 saturated heterocycles. The molecular weight excluding hydrogens is 202 g/mol. The molecule has 0 aliphatic heterocycles. The Hall–Kier alpha value is -1.16. The van der Waals surface area contributed by atoms with E-state index in [0.29, 0.717) is 18.3 Å². The van der Waals surface area contributed by atoms with E-state index in [1.807, 2.05) is 13.8 Å². The lowest BCUT2D eigenvalue weighted by Gasteiger charge is -2.13. The van der Waals surface area contributed by atoms with Gasteiger partial charge in [-0.15, -0.1) is 0 Å². The molecule has 2 N–H and O–H groups in total. The van der Waals surface area contributed by atoms with Gasteiger partial charge >= 0.3 is 0 Å². The van der Waals surface area contributed by atoms with Crippen molar-refractivity contribution >= 4 is 5.82 Å². The molecule has 0 aliphatic rings. The summed E-state index contributed by atoms with van der Waals surface area (Å²) in [6, 6.07) is 0. The molecule has 0 aromatic carbocycles. The fourth-order valence-corrected chi connectivity index (χ4v) is 1.80. The zero-order chi connectivity index (χ0) is 12.1. The number of aromatic nitrogens is 2. The lowest BCUT2D eigenvalue weighted by Crippen LogP contribution is -2.10. The second-order valence-corrected chi connectivity index (χ2v) is 4.13. The van der Waals surface area contributed by atoms with Crippen LogP contribution < -0.4 is 5.73 Å². The minimum Gasteiger partial charge on any atom is -0.383 e. The van der Waals surface area contributed by atoms with Crippen molar-refractivity contribution in [3.63, 3.8) is 0 Å². The van der Waals surface area contributed by atoms with Crippen LogP contribution in [0.2, 0.25) is 0 Å². The van der Waals surface area contributed by atoms with Gasteiger partial charge in [0, 0.05) is 24.3 Å². The monoisotopic (exact) mass is 223 g/mol. The molecular formula is C12H21N3O. The average molecular weight is 223 g/mol. The highest BCUT2D eigenvalue weighted by molar-refractivity contribution is 5.44. The topological polar surface area (TPSA) is 61.0 Å². The predicted molar refractivity (Wildman–Crippen MR) is 65.5 cm³/mol. The summed E-state index contributed by atoms with van der Waals surface area (Å²) in [5.41, 5.74) is 7.97. The molecule has 1 aromatic heterocycles. The molecule has 16 heavy (non-hydrogen) atoms. The maximum atomic E-state index is 5.94. The van der Waals surface area contributed by atoms with Crippen LogP contribution in [0.5, 0.6) is 0 Å². The van der Waals surface area contributed by atoms with Gasteiger partial charge in [0.25, 0.3) is 0 Å². The van der Waals surface area contributed by atoms with Gasteiger partial charge in [0.2, 0.25) is 0 Å². The van der Waals surface area contributed by atoms with E-state index >= 15 is 0 Å². The number of anilines is 1. The number of hydrogen-bond acceptors (Lipinski definition) is 4. The van der Waals surface area contributed by atoms with Crippen molar-refractivity contribution in [1.82, 2.24) is 9.97 Å². The smallest absolute Gasteiger partial charge is 0.133 e. The zero-order valence-electron chi connectivity index (χ0n) is 10.6. The molecule has 0 bridgehead atoms. The highest BCUT2D eigenvalue weighted by Crippen LogP contribution is 2.22. The van der Waals surface area contributed by atoms with E-state index in [-0.39, 0.29) is 0 Å². The van der Waals surface area contributed by atoms with Crippen LogP contribution in [0.25, 0.3) is 0 Å². The summed E-state index contributed by atoms with van der Waals surface area (Å²) < 4.78 is 5.27. The van der Waals surface area contributed by atoms with Crippen LogP contribution in [0.3, 0.4) is 0 Å². The average Bonchev–Trinajstić information content (AvgIpc) is 2.16. The van der Waals surface area contributed by atoms with Gasteiger partial charge in [-0.2, -0.15) is 0 Å². The fourth-order valence-electron chi connectivity index (χ4n) is 1.80.